The monoisotopic (exact) mass is 280 g/mol. The molecule has 0 spiro atoms. The molecule has 2 saturated heterocycles. The van der Waals surface area contributed by atoms with Gasteiger partial charge in [-0.2, -0.15) is 35.3 Å². The van der Waals surface area contributed by atoms with E-state index >= 15 is 0 Å². The molecule has 16 heavy (non-hydrogen) atoms. The molecule has 2 unspecified atom stereocenters. The van der Waals surface area contributed by atoms with Gasteiger partial charge in [-0.1, -0.05) is 6.92 Å². The van der Waals surface area contributed by atoms with Crippen molar-refractivity contribution in [3.05, 3.63) is 0 Å². The molecule has 2 nitrogen and oxygen atoms in total. The summed E-state index contributed by atoms with van der Waals surface area (Å²) in [7, 11) is 0. The summed E-state index contributed by atoms with van der Waals surface area (Å²) in [5.74, 6) is 6.16. The molecule has 2 heterocycles. The van der Waals surface area contributed by atoms with Gasteiger partial charge in [0.25, 0.3) is 0 Å². The molecular formula is C11H20O2S3. The fourth-order valence-electron chi connectivity index (χ4n) is 1.37. The Hall–Kier alpha value is 0.970. The Labute approximate surface area is 111 Å². The van der Waals surface area contributed by atoms with Crippen LogP contribution < -0.4 is 0 Å². The molecular weight excluding hydrogens is 260 g/mol. The van der Waals surface area contributed by atoms with Crippen LogP contribution in [-0.2, 0) is 9.47 Å². The van der Waals surface area contributed by atoms with E-state index in [2.05, 4.69) is 42.2 Å². The maximum absolute atomic E-state index is 5.22. The quantitative estimate of drug-likeness (QED) is 0.572. The van der Waals surface area contributed by atoms with Crippen molar-refractivity contribution < 1.29 is 9.47 Å². The van der Waals surface area contributed by atoms with Crippen molar-refractivity contribution in [2.45, 2.75) is 24.4 Å². The lowest BCUT2D eigenvalue weighted by Gasteiger charge is -2.14. The Balaban J connectivity index is 1.50. The van der Waals surface area contributed by atoms with Gasteiger partial charge in [-0.25, -0.2) is 0 Å². The Kier molecular flexibility index (Phi) is 6.21. The second kappa shape index (κ2) is 7.41. The van der Waals surface area contributed by atoms with Crippen LogP contribution >= 0.6 is 35.3 Å². The predicted molar refractivity (Wildman–Crippen MR) is 76.1 cm³/mol. The van der Waals surface area contributed by atoms with E-state index in [4.69, 9.17) is 9.47 Å². The van der Waals surface area contributed by atoms with Crippen molar-refractivity contribution in [1.29, 1.82) is 0 Å². The SMILES string of the molecule is CCSC(CSCC1CO1)CSCC1CO1. The smallest absolute Gasteiger partial charge is 0.0900 e. The lowest BCUT2D eigenvalue weighted by molar-refractivity contribution is 0.426. The molecule has 2 atom stereocenters. The second-order valence-electron chi connectivity index (χ2n) is 4.06. The van der Waals surface area contributed by atoms with Crippen LogP contribution in [0.2, 0.25) is 0 Å². The Morgan fingerprint density at radius 1 is 1.06 bits per heavy atom. The third kappa shape index (κ3) is 6.05. The predicted octanol–water partition coefficient (Wildman–Crippen LogP) is 2.37. The normalized spacial score (nSPS) is 29.1. The first-order chi connectivity index (χ1) is 7.88. The Morgan fingerprint density at radius 3 is 1.94 bits per heavy atom. The van der Waals surface area contributed by atoms with Gasteiger partial charge >= 0.3 is 0 Å². The van der Waals surface area contributed by atoms with E-state index in [1.165, 1.54) is 28.8 Å². The number of ether oxygens (including phenoxy) is 2. The summed E-state index contributed by atoms with van der Waals surface area (Å²) < 4.78 is 10.4. The maximum atomic E-state index is 5.22. The minimum Gasteiger partial charge on any atom is -0.372 e. The fourth-order valence-corrected chi connectivity index (χ4v) is 5.28. The topological polar surface area (TPSA) is 25.1 Å². The van der Waals surface area contributed by atoms with Crippen molar-refractivity contribution in [3.63, 3.8) is 0 Å². The maximum Gasteiger partial charge on any atom is 0.0900 e. The highest BCUT2D eigenvalue weighted by molar-refractivity contribution is 8.05. The molecule has 5 heteroatoms. The number of epoxide rings is 2. The van der Waals surface area contributed by atoms with Crippen LogP contribution in [-0.4, -0.2) is 59.4 Å². The molecule has 2 aliphatic heterocycles. The lowest BCUT2D eigenvalue weighted by atomic mass is 10.5. The molecule has 0 amide bonds. The fraction of sp³-hybridized carbons (Fsp3) is 1.00. The zero-order chi connectivity index (χ0) is 11.2. The van der Waals surface area contributed by atoms with E-state index in [9.17, 15) is 0 Å². The van der Waals surface area contributed by atoms with Gasteiger partial charge in [0.1, 0.15) is 0 Å². The molecule has 2 aliphatic rings. The zero-order valence-electron chi connectivity index (χ0n) is 9.72. The third-order valence-corrected chi connectivity index (χ3v) is 6.47. The molecule has 2 rings (SSSR count). The first kappa shape index (κ1) is 13.4. The molecule has 0 N–H and O–H groups in total. The van der Waals surface area contributed by atoms with Crippen molar-refractivity contribution in [2.75, 3.05) is 42.0 Å². The van der Waals surface area contributed by atoms with Crippen LogP contribution in [0.3, 0.4) is 0 Å². The van der Waals surface area contributed by atoms with Crippen LogP contribution in [0.25, 0.3) is 0 Å². The molecule has 0 aromatic heterocycles. The van der Waals surface area contributed by atoms with Gasteiger partial charge < -0.3 is 9.47 Å². The van der Waals surface area contributed by atoms with Gasteiger partial charge in [0.05, 0.1) is 25.4 Å². The first-order valence-corrected chi connectivity index (χ1v) is 9.24. The molecule has 0 saturated carbocycles. The summed E-state index contributed by atoms with van der Waals surface area (Å²) in [4.78, 5) is 0. The van der Waals surface area contributed by atoms with Crippen LogP contribution in [0.15, 0.2) is 0 Å². The largest absolute Gasteiger partial charge is 0.372 e. The standard InChI is InChI=1S/C11H20O2S3/c1-2-16-11(7-14-5-9-3-12-9)8-15-6-10-4-13-10/h9-11H,2-8H2,1H3. The summed E-state index contributed by atoms with van der Waals surface area (Å²) in [5.41, 5.74) is 0. The average molecular weight is 280 g/mol. The molecule has 2 fully saturated rings. The molecule has 0 aliphatic carbocycles. The minimum absolute atomic E-state index is 0.574. The van der Waals surface area contributed by atoms with E-state index in [0.29, 0.717) is 12.2 Å². The minimum atomic E-state index is 0.574. The van der Waals surface area contributed by atoms with Crippen molar-refractivity contribution in [3.8, 4) is 0 Å². The second-order valence-corrected chi connectivity index (χ2v) is 7.79. The van der Waals surface area contributed by atoms with E-state index in [0.717, 1.165) is 18.5 Å². The van der Waals surface area contributed by atoms with Gasteiger partial charge in [0.2, 0.25) is 0 Å². The highest BCUT2D eigenvalue weighted by atomic mass is 32.2. The summed E-state index contributed by atoms with van der Waals surface area (Å²) in [5, 5.41) is 0.803. The molecule has 0 aromatic carbocycles. The number of thioether (sulfide) groups is 3. The van der Waals surface area contributed by atoms with Crippen LogP contribution in [0.4, 0.5) is 0 Å². The molecule has 0 radical (unpaired) electrons. The number of rotatable bonds is 10. The zero-order valence-corrected chi connectivity index (χ0v) is 12.2. The lowest BCUT2D eigenvalue weighted by Crippen LogP contribution is -2.12. The van der Waals surface area contributed by atoms with E-state index in [-0.39, 0.29) is 0 Å². The molecule has 0 bridgehead atoms. The molecule has 94 valence electrons. The highest BCUT2D eigenvalue weighted by Crippen LogP contribution is 2.25. The summed E-state index contributed by atoms with van der Waals surface area (Å²) >= 11 is 6.21. The Bertz CT molecular complexity index is 178. The summed E-state index contributed by atoms with van der Waals surface area (Å²) in [6.45, 7) is 4.24. The van der Waals surface area contributed by atoms with Crippen LogP contribution in [0.1, 0.15) is 6.92 Å². The number of hydrogen-bond acceptors (Lipinski definition) is 5. The van der Waals surface area contributed by atoms with Crippen molar-refractivity contribution in [1.82, 2.24) is 0 Å². The third-order valence-electron chi connectivity index (χ3n) is 2.42. The van der Waals surface area contributed by atoms with E-state index in [1.54, 1.807) is 0 Å². The van der Waals surface area contributed by atoms with Crippen molar-refractivity contribution >= 4 is 35.3 Å². The van der Waals surface area contributed by atoms with E-state index < -0.39 is 0 Å². The van der Waals surface area contributed by atoms with E-state index in [1.807, 2.05) is 0 Å². The van der Waals surface area contributed by atoms with Gasteiger partial charge in [0.15, 0.2) is 0 Å². The molecule has 0 aromatic rings. The summed E-state index contributed by atoms with van der Waals surface area (Å²) in [6, 6.07) is 0. The Morgan fingerprint density at radius 2 is 1.56 bits per heavy atom. The van der Waals surface area contributed by atoms with Gasteiger partial charge in [-0.15, -0.1) is 0 Å². The van der Waals surface area contributed by atoms with Gasteiger partial charge in [0, 0.05) is 28.3 Å². The number of hydrogen-bond donors (Lipinski definition) is 0. The summed E-state index contributed by atoms with van der Waals surface area (Å²) in [6.07, 6.45) is 1.15. The van der Waals surface area contributed by atoms with Crippen molar-refractivity contribution in [2.24, 2.45) is 0 Å². The highest BCUT2D eigenvalue weighted by Gasteiger charge is 2.24. The van der Waals surface area contributed by atoms with Gasteiger partial charge in [-0.05, 0) is 5.75 Å². The van der Waals surface area contributed by atoms with Crippen LogP contribution in [0.5, 0.6) is 0 Å². The average Bonchev–Trinajstić information content (AvgIpc) is 3.13. The van der Waals surface area contributed by atoms with Crippen LogP contribution in [0, 0.1) is 0 Å². The van der Waals surface area contributed by atoms with Gasteiger partial charge in [-0.3, -0.25) is 0 Å². The first-order valence-electron chi connectivity index (χ1n) is 5.88.